The van der Waals surface area contributed by atoms with Crippen LogP contribution >= 0.6 is 0 Å². The lowest BCUT2D eigenvalue weighted by Gasteiger charge is -2.09. The van der Waals surface area contributed by atoms with Crippen molar-refractivity contribution in [1.82, 2.24) is 0 Å². The van der Waals surface area contributed by atoms with Gasteiger partial charge < -0.3 is 48.3 Å². The van der Waals surface area contributed by atoms with Gasteiger partial charge in [-0.25, -0.2) is 0 Å². The van der Waals surface area contributed by atoms with Gasteiger partial charge in [-0.05, 0) is 37.1 Å². The van der Waals surface area contributed by atoms with E-state index in [1.54, 1.807) is 24.3 Å². The van der Waals surface area contributed by atoms with Gasteiger partial charge in [0, 0.05) is 25.5 Å². The Hall–Kier alpha value is -2.81. The molecule has 0 bridgehead atoms. The van der Waals surface area contributed by atoms with Gasteiger partial charge in [-0.2, -0.15) is 0 Å². The van der Waals surface area contributed by atoms with Crippen LogP contribution in [0.15, 0.2) is 24.3 Å². The topological polar surface area (TPSA) is 157 Å². The van der Waals surface area contributed by atoms with Crippen molar-refractivity contribution in [3.63, 3.8) is 0 Å². The fraction of sp³-hybridized carbons (Fsp3) is 0.679. The van der Waals surface area contributed by atoms with Crippen LogP contribution in [0.25, 0.3) is 0 Å². The lowest BCUT2D eigenvalue weighted by Crippen LogP contribution is -2.15. The normalized spacial score (nSPS) is 10.9. The standard InChI is InChI=1S/C28H45NO12/c1-24(30)29-25-6-8-26(9-7-25)40-22-20-38-18-16-36-14-12-34-10-11-35-13-15-37-17-19-39-21-23-41-28(33)5-3-2-4-27(31)32/h6-9H,2-5,10-23H2,1H3,(H,29,30)(H,31,32). The van der Waals surface area contributed by atoms with Crippen LogP contribution in [0.3, 0.4) is 0 Å². The van der Waals surface area contributed by atoms with Crippen molar-refractivity contribution < 1.29 is 57.4 Å². The van der Waals surface area contributed by atoms with Crippen molar-refractivity contribution in [2.75, 3.05) is 97.8 Å². The monoisotopic (exact) mass is 587 g/mol. The van der Waals surface area contributed by atoms with Crippen molar-refractivity contribution in [3.8, 4) is 5.75 Å². The predicted molar refractivity (Wildman–Crippen MR) is 148 cm³/mol. The Bertz CT molecular complexity index is 806. The molecule has 0 saturated carbocycles. The maximum Gasteiger partial charge on any atom is 0.305 e. The minimum absolute atomic E-state index is 0.0588. The summed E-state index contributed by atoms with van der Waals surface area (Å²) in [6.07, 6.45) is 1.23. The van der Waals surface area contributed by atoms with Crippen LogP contribution in [0.2, 0.25) is 0 Å². The lowest BCUT2D eigenvalue weighted by molar-refractivity contribution is -0.146. The summed E-state index contributed by atoms with van der Waals surface area (Å²) in [6, 6.07) is 7.13. The number of carboxylic acids is 1. The molecule has 1 aromatic carbocycles. The van der Waals surface area contributed by atoms with Crippen molar-refractivity contribution in [1.29, 1.82) is 0 Å². The molecule has 0 aliphatic heterocycles. The maximum absolute atomic E-state index is 11.5. The van der Waals surface area contributed by atoms with Crippen LogP contribution < -0.4 is 10.1 Å². The van der Waals surface area contributed by atoms with E-state index >= 15 is 0 Å². The molecule has 0 unspecified atom stereocenters. The largest absolute Gasteiger partial charge is 0.491 e. The lowest BCUT2D eigenvalue weighted by atomic mass is 10.2. The van der Waals surface area contributed by atoms with Crippen molar-refractivity contribution in [3.05, 3.63) is 24.3 Å². The molecule has 0 heterocycles. The number of hydrogen-bond donors (Lipinski definition) is 2. The highest BCUT2D eigenvalue weighted by Gasteiger charge is 2.04. The number of ether oxygens (including phenoxy) is 8. The number of nitrogens with one attached hydrogen (secondary N) is 1. The Morgan fingerprint density at radius 3 is 1.46 bits per heavy atom. The van der Waals surface area contributed by atoms with Gasteiger partial charge in [0.05, 0.1) is 79.3 Å². The van der Waals surface area contributed by atoms with Crippen molar-refractivity contribution in [2.24, 2.45) is 0 Å². The second-order valence-electron chi connectivity index (χ2n) is 8.55. The van der Waals surface area contributed by atoms with E-state index in [9.17, 15) is 14.4 Å². The van der Waals surface area contributed by atoms with E-state index < -0.39 is 5.97 Å². The van der Waals surface area contributed by atoms with Crippen molar-refractivity contribution in [2.45, 2.75) is 32.6 Å². The third-order valence-corrected chi connectivity index (χ3v) is 5.04. The molecule has 0 spiro atoms. The molecule has 0 fully saturated rings. The van der Waals surface area contributed by atoms with Gasteiger partial charge in [-0.1, -0.05) is 0 Å². The number of unbranched alkanes of at least 4 members (excludes halogenated alkanes) is 1. The molecule has 0 atom stereocenters. The number of rotatable bonds is 28. The highest BCUT2D eigenvalue weighted by molar-refractivity contribution is 5.88. The number of hydrogen-bond acceptors (Lipinski definition) is 11. The third kappa shape index (κ3) is 24.7. The van der Waals surface area contributed by atoms with Crippen LogP contribution in [0.1, 0.15) is 32.6 Å². The second-order valence-corrected chi connectivity index (χ2v) is 8.55. The highest BCUT2D eigenvalue weighted by atomic mass is 16.6. The molecule has 1 aromatic rings. The van der Waals surface area contributed by atoms with Gasteiger partial charge in [0.2, 0.25) is 5.91 Å². The Morgan fingerprint density at radius 1 is 0.610 bits per heavy atom. The van der Waals surface area contributed by atoms with Gasteiger partial charge in [-0.3, -0.25) is 14.4 Å². The molecular formula is C28H45NO12. The predicted octanol–water partition coefficient (Wildman–Crippen LogP) is 2.31. The number of amides is 1. The fourth-order valence-electron chi connectivity index (χ4n) is 3.09. The first-order chi connectivity index (χ1) is 20.0. The Morgan fingerprint density at radius 2 is 1.02 bits per heavy atom. The van der Waals surface area contributed by atoms with E-state index in [1.807, 2.05) is 0 Å². The number of esters is 1. The molecule has 13 heteroatoms. The molecule has 0 aliphatic rings. The molecule has 0 aromatic heterocycles. The summed E-state index contributed by atoms with van der Waals surface area (Å²) >= 11 is 0. The quantitative estimate of drug-likeness (QED) is 0.109. The maximum atomic E-state index is 11.5. The molecule has 1 rings (SSSR count). The van der Waals surface area contributed by atoms with Crippen LogP contribution in [-0.2, 0) is 47.5 Å². The van der Waals surface area contributed by atoms with Crippen LogP contribution in [0.4, 0.5) is 5.69 Å². The summed E-state index contributed by atoms with van der Waals surface area (Å²) in [5, 5.41) is 11.2. The minimum Gasteiger partial charge on any atom is -0.491 e. The average molecular weight is 588 g/mol. The van der Waals surface area contributed by atoms with E-state index in [4.69, 9.17) is 43.0 Å². The van der Waals surface area contributed by atoms with Gasteiger partial charge in [0.25, 0.3) is 0 Å². The number of carbonyl (C=O) groups excluding carboxylic acids is 2. The molecule has 0 aliphatic carbocycles. The Kier molecular flexibility index (Phi) is 23.1. The van der Waals surface area contributed by atoms with E-state index in [1.165, 1.54) is 6.92 Å². The first-order valence-corrected chi connectivity index (χ1v) is 13.8. The Balaban J connectivity index is 1.73. The minimum atomic E-state index is -0.865. The van der Waals surface area contributed by atoms with Crippen molar-refractivity contribution >= 4 is 23.5 Å². The van der Waals surface area contributed by atoms with Crippen LogP contribution in [0, 0.1) is 0 Å². The molecule has 2 N–H and O–H groups in total. The summed E-state index contributed by atoms with van der Waals surface area (Å²) in [6.45, 7) is 7.23. The summed E-state index contributed by atoms with van der Waals surface area (Å²) < 4.78 is 43.1. The zero-order valence-electron chi connectivity index (χ0n) is 24.0. The van der Waals surface area contributed by atoms with Gasteiger partial charge >= 0.3 is 11.9 Å². The van der Waals surface area contributed by atoms with E-state index in [0.29, 0.717) is 97.9 Å². The zero-order chi connectivity index (χ0) is 29.8. The Labute approximate surface area is 241 Å². The molecule has 1 amide bonds. The van der Waals surface area contributed by atoms with Gasteiger partial charge in [0.15, 0.2) is 0 Å². The molecule has 234 valence electrons. The smallest absolute Gasteiger partial charge is 0.305 e. The highest BCUT2D eigenvalue weighted by Crippen LogP contribution is 2.15. The third-order valence-electron chi connectivity index (χ3n) is 5.04. The number of carbonyl (C=O) groups is 3. The summed E-state index contributed by atoms with van der Waals surface area (Å²) in [7, 11) is 0. The fourth-order valence-corrected chi connectivity index (χ4v) is 3.09. The molecular weight excluding hydrogens is 542 g/mol. The van der Waals surface area contributed by atoms with Gasteiger partial charge in [-0.15, -0.1) is 0 Å². The van der Waals surface area contributed by atoms with E-state index in [-0.39, 0.29) is 37.9 Å². The second kappa shape index (κ2) is 26.1. The zero-order valence-corrected chi connectivity index (χ0v) is 24.0. The summed E-state index contributed by atoms with van der Waals surface area (Å²) in [4.78, 5) is 32.9. The molecule has 0 radical (unpaired) electrons. The summed E-state index contributed by atoms with van der Waals surface area (Å²) in [5.74, 6) is -0.625. The number of anilines is 1. The van der Waals surface area contributed by atoms with Crippen LogP contribution in [-0.4, -0.2) is 115 Å². The SMILES string of the molecule is CC(=O)Nc1ccc(OCCOCCOCCOCCOCCOCCOCCOC(=O)CCCCC(=O)O)cc1. The van der Waals surface area contributed by atoms with E-state index in [0.717, 1.165) is 5.69 Å². The average Bonchev–Trinajstić information content (AvgIpc) is 2.94. The van der Waals surface area contributed by atoms with Crippen LogP contribution in [0.5, 0.6) is 5.75 Å². The molecule has 0 saturated heterocycles. The first kappa shape index (κ1) is 36.2. The molecule has 13 nitrogen and oxygen atoms in total. The number of benzene rings is 1. The molecule has 41 heavy (non-hydrogen) atoms. The van der Waals surface area contributed by atoms with Gasteiger partial charge in [0.1, 0.15) is 19.0 Å². The number of aliphatic carboxylic acids is 1. The van der Waals surface area contributed by atoms with E-state index in [2.05, 4.69) is 5.32 Å². The summed E-state index contributed by atoms with van der Waals surface area (Å²) in [5.41, 5.74) is 0.722. The first-order valence-electron chi connectivity index (χ1n) is 13.8. The number of carboxylic acid groups (broad SMARTS) is 1.